The Morgan fingerprint density at radius 1 is 1.58 bits per heavy atom. The van der Waals surface area contributed by atoms with Crippen LogP contribution in [0.4, 0.5) is 0 Å². The molecular weight excluding hydrogens is 174 g/mol. The molecule has 1 N–H and O–H groups in total. The number of hydrogen-bond donors (Lipinski definition) is 1. The summed E-state index contributed by atoms with van der Waals surface area (Å²) in [7, 11) is 0. The van der Waals surface area contributed by atoms with Crippen molar-refractivity contribution >= 4 is 11.6 Å². The summed E-state index contributed by atoms with van der Waals surface area (Å²) in [6, 6.07) is 1.87. The summed E-state index contributed by atoms with van der Waals surface area (Å²) in [6.07, 6.45) is 4.11. The van der Waals surface area contributed by atoms with Crippen LogP contribution < -0.4 is 0 Å². The maximum Gasteiger partial charge on any atom is 0.0711 e. The molecule has 1 heterocycles. The molecule has 1 aliphatic carbocycles. The van der Waals surface area contributed by atoms with Gasteiger partial charge >= 0.3 is 0 Å². The topological polar surface area (TPSA) is 33.1 Å². The summed E-state index contributed by atoms with van der Waals surface area (Å²) in [5, 5.41) is 9.47. The molecule has 0 unspecified atom stereocenters. The smallest absolute Gasteiger partial charge is 0.0711 e. The Bertz CT molecular complexity index is 297. The third-order valence-electron chi connectivity index (χ3n) is 2.12. The molecule has 0 spiro atoms. The molecule has 2 rings (SSSR count). The van der Waals surface area contributed by atoms with E-state index in [9.17, 15) is 0 Å². The zero-order valence-electron chi connectivity index (χ0n) is 6.63. The van der Waals surface area contributed by atoms with Gasteiger partial charge in [0.1, 0.15) is 0 Å². The number of aliphatic hydroxyl groups is 1. The van der Waals surface area contributed by atoms with Crippen molar-refractivity contribution in [1.29, 1.82) is 0 Å². The van der Waals surface area contributed by atoms with Crippen LogP contribution in [-0.2, 0) is 6.61 Å². The van der Waals surface area contributed by atoms with Crippen LogP contribution in [0.5, 0.6) is 0 Å². The van der Waals surface area contributed by atoms with Crippen molar-refractivity contribution in [3.63, 3.8) is 0 Å². The number of rotatable bonds is 2. The number of halogens is 1. The van der Waals surface area contributed by atoms with E-state index in [1.165, 1.54) is 12.8 Å². The lowest BCUT2D eigenvalue weighted by Gasteiger charge is -2.01. The van der Waals surface area contributed by atoms with Gasteiger partial charge < -0.3 is 5.11 Å². The summed E-state index contributed by atoms with van der Waals surface area (Å²) in [5.41, 5.74) is 1.78. The highest BCUT2D eigenvalue weighted by Gasteiger charge is 2.25. The van der Waals surface area contributed by atoms with Crippen molar-refractivity contribution in [3.8, 4) is 0 Å². The average Bonchev–Trinajstić information content (AvgIpc) is 2.86. The lowest BCUT2D eigenvalue weighted by Crippen LogP contribution is -1.91. The van der Waals surface area contributed by atoms with Gasteiger partial charge in [0, 0.05) is 28.4 Å². The van der Waals surface area contributed by atoms with Crippen molar-refractivity contribution in [2.45, 2.75) is 25.4 Å². The molecule has 1 aromatic heterocycles. The van der Waals surface area contributed by atoms with E-state index in [0.29, 0.717) is 16.5 Å². The van der Waals surface area contributed by atoms with Crippen molar-refractivity contribution in [2.24, 2.45) is 0 Å². The van der Waals surface area contributed by atoms with Gasteiger partial charge in [-0.05, 0) is 18.9 Å². The largest absolute Gasteiger partial charge is 0.392 e. The van der Waals surface area contributed by atoms with E-state index < -0.39 is 0 Å². The maximum absolute atomic E-state index is 8.84. The van der Waals surface area contributed by atoms with Crippen LogP contribution in [0.3, 0.4) is 0 Å². The fourth-order valence-electron chi connectivity index (χ4n) is 1.19. The molecule has 1 aromatic rings. The molecule has 0 atom stereocenters. The van der Waals surface area contributed by atoms with Gasteiger partial charge in [0.25, 0.3) is 0 Å². The van der Waals surface area contributed by atoms with Crippen molar-refractivity contribution < 1.29 is 5.11 Å². The lowest BCUT2D eigenvalue weighted by atomic mass is 10.2. The molecule has 64 valence electrons. The Morgan fingerprint density at radius 3 is 2.83 bits per heavy atom. The first-order valence-electron chi connectivity index (χ1n) is 4.06. The molecule has 0 radical (unpaired) electrons. The Hall–Kier alpha value is -0.600. The molecule has 0 amide bonds. The highest BCUT2D eigenvalue weighted by molar-refractivity contribution is 6.31. The van der Waals surface area contributed by atoms with Crippen LogP contribution in [-0.4, -0.2) is 10.1 Å². The van der Waals surface area contributed by atoms with E-state index in [-0.39, 0.29) is 6.61 Å². The third-order valence-corrected chi connectivity index (χ3v) is 2.47. The Morgan fingerprint density at radius 2 is 2.33 bits per heavy atom. The standard InChI is InChI=1S/C9H10ClNO/c10-8-3-9(6-1-2-6)11-4-7(8)5-12/h3-4,6,12H,1-2,5H2. The summed E-state index contributed by atoms with van der Waals surface area (Å²) in [5.74, 6) is 0.621. The summed E-state index contributed by atoms with van der Waals surface area (Å²) < 4.78 is 0. The Kier molecular flexibility index (Phi) is 2.03. The fourth-order valence-corrected chi connectivity index (χ4v) is 1.41. The van der Waals surface area contributed by atoms with Gasteiger partial charge in [-0.3, -0.25) is 4.98 Å². The highest BCUT2D eigenvalue weighted by Crippen LogP contribution is 2.39. The zero-order valence-corrected chi connectivity index (χ0v) is 7.38. The second-order valence-electron chi connectivity index (χ2n) is 3.13. The molecule has 0 saturated heterocycles. The van der Waals surface area contributed by atoms with E-state index in [1.807, 2.05) is 6.07 Å². The first-order valence-corrected chi connectivity index (χ1v) is 4.44. The Balaban J connectivity index is 2.30. The van der Waals surface area contributed by atoms with Crippen LogP contribution in [0, 0.1) is 0 Å². The van der Waals surface area contributed by atoms with Crippen LogP contribution in [0.25, 0.3) is 0 Å². The highest BCUT2D eigenvalue weighted by atomic mass is 35.5. The monoisotopic (exact) mass is 183 g/mol. The van der Waals surface area contributed by atoms with Gasteiger partial charge in [-0.15, -0.1) is 0 Å². The van der Waals surface area contributed by atoms with Crippen LogP contribution in [0.1, 0.15) is 30.0 Å². The number of pyridine rings is 1. The van der Waals surface area contributed by atoms with Gasteiger partial charge in [-0.1, -0.05) is 11.6 Å². The van der Waals surface area contributed by atoms with Gasteiger partial charge in [-0.25, -0.2) is 0 Å². The minimum Gasteiger partial charge on any atom is -0.392 e. The molecule has 0 aromatic carbocycles. The summed E-state index contributed by atoms with van der Waals surface area (Å²) in [6.45, 7) is -0.0310. The second kappa shape index (κ2) is 3.04. The molecule has 0 aliphatic heterocycles. The number of aromatic nitrogens is 1. The van der Waals surface area contributed by atoms with Crippen molar-refractivity contribution in [3.05, 3.63) is 28.5 Å². The van der Waals surface area contributed by atoms with E-state index in [1.54, 1.807) is 6.20 Å². The molecule has 3 heteroatoms. The van der Waals surface area contributed by atoms with E-state index in [2.05, 4.69) is 4.98 Å². The SMILES string of the molecule is OCc1cnc(C2CC2)cc1Cl. The van der Waals surface area contributed by atoms with Crippen LogP contribution in [0.2, 0.25) is 5.02 Å². The fraction of sp³-hybridized carbons (Fsp3) is 0.444. The predicted octanol–water partition coefficient (Wildman–Crippen LogP) is 2.10. The minimum absolute atomic E-state index is 0.0310. The van der Waals surface area contributed by atoms with E-state index in [0.717, 1.165) is 5.69 Å². The number of nitrogens with zero attached hydrogens (tertiary/aromatic N) is 1. The summed E-state index contributed by atoms with van der Waals surface area (Å²) >= 11 is 5.90. The van der Waals surface area contributed by atoms with Gasteiger partial charge in [0.05, 0.1) is 6.61 Å². The molecular formula is C9H10ClNO. The number of hydrogen-bond acceptors (Lipinski definition) is 2. The normalized spacial score (nSPS) is 16.5. The van der Waals surface area contributed by atoms with Crippen molar-refractivity contribution in [1.82, 2.24) is 4.98 Å². The molecule has 12 heavy (non-hydrogen) atoms. The Labute approximate surface area is 76.2 Å². The molecule has 0 bridgehead atoms. The third kappa shape index (κ3) is 1.45. The van der Waals surface area contributed by atoms with Crippen LogP contribution >= 0.6 is 11.6 Å². The quantitative estimate of drug-likeness (QED) is 0.762. The van der Waals surface area contributed by atoms with Crippen molar-refractivity contribution in [2.75, 3.05) is 0 Å². The lowest BCUT2D eigenvalue weighted by molar-refractivity contribution is 0.281. The second-order valence-corrected chi connectivity index (χ2v) is 3.54. The summed E-state index contributed by atoms with van der Waals surface area (Å²) in [4.78, 5) is 4.23. The first kappa shape index (κ1) is 8.02. The maximum atomic E-state index is 8.84. The van der Waals surface area contributed by atoms with E-state index >= 15 is 0 Å². The molecule has 1 fully saturated rings. The van der Waals surface area contributed by atoms with Gasteiger partial charge in [0.2, 0.25) is 0 Å². The average molecular weight is 184 g/mol. The zero-order chi connectivity index (χ0) is 8.55. The van der Waals surface area contributed by atoms with Gasteiger partial charge in [-0.2, -0.15) is 0 Å². The number of aliphatic hydroxyl groups excluding tert-OH is 1. The first-order chi connectivity index (χ1) is 5.81. The van der Waals surface area contributed by atoms with E-state index in [4.69, 9.17) is 16.7 Å². The van der Waals surface area contributed by atoms with Gasteiger partial charge in [0.15, 0.2) is 0 Å². The van der Waals surface area contributed by atoms with Crippen LogP contribution in [0.15, 0.2) is 12.3 Å². The molecule has 2 nitrogen and oxygen atoms in total. The molecule has 1 saturated carbocycles. The predicted molar refractivity (Wildman–Crippen MR) is 47.1 cm³/mol. The minimum atomic E-state index is -0.0310. The molecule has 1 aliphatic rings.